The summed E-state index contributed by atoms with van der Waals surface area (Å²) in [7, 11) is 0. The van der Waals surface area contributed by atoms with Crippen LogP contribution in [0.15, 0.2) is 24.3 Å². The van der Waals surface area contributed by atoms with E-state index in [1.165, 1.54) is 36.8 Å². The molecule has 2 rings (SSSR count). The molecule has 4 atom stereocenters. The van der Waals surface area contributed by atoms with Crippen LogP contribution < -0.4 is 5.32 Å². The predicted octanol–water partition coefficient (Wildman–Crippen LogP) is 4.86. The van der Waals surface area contributed by atoms with Gasteiger partial charge in [-0.3, -0.25) is 0 Å². The second-order valence-corrected chi connectivity index (χ2v) is 6.50. The van der Waals surface area contributed by atoms with Gasteiger partial charge in [-0.25, -0.2) is 0 Å². The van der Waals surface area contributed by atoms with Crippen LogP contribution in [0.3, 0.4) is 0 Å². The Hall–Kier alpha value is -0.820. The molecule has 0 spiro atoms. The first-order chi connectivity index (χ1) is 9.10. The molecule has 0 heterocycles. The first-order valence-corrected chi connectivity index (χ1v) is 7.92. The van der Waals surface area contributed by atoms with E-state index in [1.807, 2.05) is 0 Å². The summed E-state index contributed by atoms with van der Waals surface area (Å²) >= 11 is 0. The molecule has 1 aliphatic rings. The van der Waals surface area contributed by atoms with Crippen molar-refractivity contribution in [3.05, 3.63) is 35.4 Å². The number of aryl methyl sites for hydroxylation is 1. The van der Waals surface area contributed by atoms with Crippen molar-refractivity contribution < 1.29 is 0 Å². The van der Waals surface area contributed by atoms with Crippen molar-refractivity contribution in [2.75, 3.05) is 0 Å². The van der Waals surface area contributed by atoms with Gasteiger partial charge in [0.1, 0.15) is 0 Å². The molecule has 1 nitrogen and oxygen atoms in total. The number of hydrogen-bond donors (Lipinski definition) is 1. The standard InChI is InChI=1S/C18H29N/c1-5-18(16-9-6-13(2)7-10-16)19-17-11-8-14(3)15(4)12-17/h6-7,9-10,14-15,17-19H,5,8,11-12H2,1-4H3. The molecule has 0 aromatic heterocycles. The zero-order valence-electron chi connectivity index (χ0n) is 12.9. The number of benzene rings is 1. The average molecular weight is 259 g/mol. The molecular formula is C18H29N. The summed E-state index contributed by atoms with van der Waals surface area (Å²) in [5, 5.41) is 3.89. The molecule has 0 saturated heterocycles. The number of hydrogen-bond acceptors (Lipinski definition) is 1. The fraction of sp³-hybridized carbons (Fsp3) is 0.667. The molecule has 0 amide bonds. The molecule has 1 aromatic carbocycles. The lowest BCUT2D eigenvalue weighted by atomic mass is 9.79. The van der Waals surface area contributed by atoms with Crippen LogP contribution in [0.25, 0.3) is 0 Å². The summed E-state index contributed by atoms with van der Waals surface area (Å²) in [4.78, 5) is 0. The van der Waals surface area contributed by atoms with Gasteiger partial charge in [0.05, 0.1) is 0 Å². The van der Waals surface area contributed by atoms with Crippen LogP contribution >= 0.6 is 0 Å². The third-order valence-electron chi connectivity index (χ3n) is 4.92. The van der Waals surface area contributed by atoms with E-state index in [9.17, 15) is 0 Å². The Kier molecular flexibility index (Phi) is 5.04. The molecule has 1 N–H and O–H groups in total. The van der Waals surface area contributed by atoms with E-state index in [-0.39, 0.29) is 0 Å². The van der Waals surface area contributed by atoms with Crippen LogP contribution in [-0.2, 0) is 0 Å². The lowest BCUT2D eigenvalue weighted by Crippen LogP contribution is -2.38. The monoisotopic (exact) mass is 259 g/mol. The van der Waals surface area contributed by atoms with Gasteiger partial charge >= 0.3 is 0 Å². The van der Waals surface area contributed by atoms with E-state index in [2.05, 4.69) is 57.3 Å². The van der Waals surface area contributed by atoms with Crippen LogP contribution in [0, 0.1) is 18.8 Å². The van der Waals surface area contributed by atoms with Crippen LogP contribution in [0.2, 0.25) is 0 Å². The van der Waals surface area contributed by atoms with Gasteiger partial charge in [0, 0.05) is 12.1 Å². The Balaban J connectivity index is 1.97. The molecule has 1 aliphatic carbocycles. The van der Waals surface area contributed by atoms with Gasteiger partial charge in [0.15, 0.2) is 0 Å². The second-order valence-electron chi connectivity index (χ2n) is 6.50. The Morgan fingerprint density at radius 2 is 1.79 bits per heavy atom. The van der Waals surface area contributed by atoms with E-state index in [0.29, 0.717) is 12.1 Å². The molecule has 1 heteroatoms. The van der Waals surface area contributed by atoms with Crippen molar-refractivity contribution >= 4 is 0 Å². The fourth-order valence-electron chi connectivity index (χ4n) is 3.23. The lowest BCUT2D eigenvalue weighted by molar-refractivity contribution is 0.214. The summed E-state index contributed by atoms with van der Waals surface area (Å²) in [6, 6.07) is 10.2. The third-order valence-corrected chi connectivity index (χ3v) is 4.92. The normalized spacial score (nSPS) is 29.2. The minimum absolute atomic E-state index is 0.520. The van der Waals surface area contributed by atoms with Crippen molar-refractivity contribution in [3.8, 4) is 0 Å². The summed E-state index contributed by atoms with van der Waals surface area (Å²) in [5.41, 5.74) is 2.79. The topological polar surface area (TPSA) is 12.0 Å². The Labute approximate surface area is 118 Å². The molecule has 1 fully saturated rings. The maximum atomic E-state index is 3.89. The molecular weight excluding hydrogens is 230 g/mol. The van der Waals surface area contributed by atoms with Gasteiger partial charge in [-0.1, -0.05) is 50.6 Å². The first-order valence-electron chi connectivity index (χ1n) is 7.92. The van der Waals surface area contributed by atoms with Gasteiger partial charge in [-0.2, -0.15) is 0 Å². The van der Waals surface area contributed by atoms with Crippen LogP contribution in [0.1, 0.15) is 63.6 Å². The molecule has 4 unspecified atom stereocenters. The van der Waals surface area contributed by atoms with Crippen molar-refractivity contribution in [1.82, 2.24) is 5.32 Å². The Bertz CT molecular complexity index is 381. The largest absolute Gasteiger partial charge is 0.307 e. The van der Waals surface area contributed by atoms with E-state index in [1.54, 1.807) is 0 Å². The summed E-state index contributed by atoms with van der Waals surface area (Å²) < 4.78 is 0. The predicted molar refractivity (Wildman–Crippen MR) is 83.3 cm³/mol. The maximum Gasteiger partial charge on any atom is 0.0320 e. The number of nitrogens with one attached hydrogen (secondary N) is 1. The summed E-state index contributed by atoms with van der Waals surface area (Å²) in [5.74, 6) is 1.76. The van der Waals surface area contributed by atoms with E-state index in [0.717, 1.165) is 11.8 Å². The van der Waals surface area contributed by atoms with Crippen molar-refractivity contribution in [2.45, 2.75) is 65.5 Å². The molecule has 106 valence electrons. The highest BCUT2D eigenvalue weighted by molar-refractivity contribution is 5.24. The SMILES string of the molecule is CCC(NC1CCC(C)C(C)C1)c1ccc(C)cc1. The number of rotatable bonds is 4. The maximum absolute atomic E-state index is 3.89. The van der Waals surface area contributed by atoms with Crippen LogP contribution in [0.4, 0.5) is 0 Å². The van der Waals surface area contributed by atoms with E-state index < -0.39 is 0 Å². The van der Waals surface area contributed by atoms with Crippen LogP contribution in [-0.4, -0.2) is 6.04 Å². The van der Waals surface area contributed by atoms with Crippen molar-refractivity contribution in [1.29, 1.82) is 0 Å². The van der Waals surface area contributed by atoms with Gasteiger partial charge < -0.3 is 5.32 Å². The Morgan fingerprint density at radius 3 is 2.37 bits per heavy atom. The fourth-order valence-corrected chi connectivity index (χ4v) is 3.23. The van der Waals surface area contributed by atoms with Crippen LogP contribution in [0.5, 0.6) is 0 Å². The summed E-state index contributed by atoms with van der Waals surface area (Å²) in [6.07, 6.45) is 5.23. The highest BCUT2D eigenvalue weighted by Gasteiger charge is 2.25. The first kappa shape index (κ1) is 14.6. The molecule has 0 aliphatic heterocycles. The molecule has 19 heavy (non-hydrogen) atoms. The zero-order valence-corrected chi connectivity index (χ0v) is 12.9. The quantitative estimate of drug-likeness (QED) is 0.814. The average Bonchev–Trinajstić information content (AvgIpc) is 2.41. The Morgan fingerprint density at radius 1 is 1.11 bits per heavy atom. The highest BCUT2D eigenvalue weighted by atomic mass is 15.0. The van der Waals surface area contributed by atoms with Gasteiger partial charge in [-0.05, 0) is 50.0 Å². The molecule has 0 radical (unpaired) electrons. The van der Waals surface area contributed by atoms with Gasteiger partial charge in [-0.15, -0.1) is 0 Å². The third kappa shape index (κ3) is 3.82. The lowest BCUT2D eigenvalue weighted by Gasteiger charge is -2.35. The minimum atomic E-state index is 0.520. The van der Waals surface area contributed by atoms with Crippen molar-refractivity contribution in [3.63, 3.8) is 0 Å². The summed E-state index contributed by atoms with van der Waals surface area (Å²) in [6.45, 7) is 9.25. The van der Waals surface area contributed by atoms with Gasteiger partial charge in [0.2, 0.25) is 0 Å². The van der Waals surface area contributed by atoms with Crippen molar-refractivity contribution in [2.24, 2.45) is 11.8 Å². The molecule has 1 aromatic rings. The highest BCUT2D eigenvalue weighted by Crippen LogP contribution is 2.31. The van der Waals surface area contributed by atoms with E-state index in [4.69, 9.17) is 0 Å². The second kappa shape index (κ2) is 6.56. The molecule has 0 bridgehead atoms. The van der Waals surface area contributed by atoms with Gasteiger partial charge in [0.25, 0.3) is 0 Å². The molecule has 1 saturated carbocycles. The van der Waals surface area contributed by atoms with E-state index >= 15 is 0 Å². The minimum Gasteiger partial charge on any atom is -0.307 e. The smallest absolute Gasteiger partial charge is 0.0320 e. The zero-order chi connectivity index (χ0) is 13.8.